The molecule has 4 atom stereocenters. The van der Waals surface area contributed by atoms with E-state index in [-0.39, 0.29) is 11.6 Å². The lowest BCUT2D eigenvalue weighted by Gasteiger charge is -2.40. The third kappa shape index (κ3) is 7.19. The lowest BCUT2D eigenvalue weighted by atomic mass is 9.91. The Kier molecular flexibility index (Phi) is 10.6. The van der Waals surface area contributed by atoms with Gasteiger partial charge in [-0.3, -0.25) is 19.7 Å². The van der Waals surface area contributed by atoms with Crippen LogP contribution in [0.25, 0.3) is 0 Å². The van der Waals surface area contributed by atoms with E-state index in [1.807, 2.05) is 0 Å². The highest BCUT2D eigenvalue weighted by Crippen LogP contribution is 2.36. The Morgan fingerprint density at radius 2 is 1.56 bits per heavy atom. The number of aliphatic hydroxyl groups excluding tert-OH is 1. The molecule has 2 unspecified atom stereocenters. The molecule has 10 nitrogen and oxygen atoms in total. The van der Waals surface area contributed by atoms with Gasteiger partial charge < -0.3 is 16.3 Å². The average Bonchev–Trinajstić information content (AvgIpc) is 3.24. The first-order valence-corrected chi connectivity index (χ1v) is 14.7. The first kappa shape index (κ1) is 30.4. The summed E-state index contributed by atoms with van der Waals surface area (Å²) in [4.78, 5) is 39.1. The molecule has 2 aliphatic heterocycles. The van der Waals surface area contributed by atoms with E-state index in [1.54, 1.807) is 53.6 Å². The van der Waals surface area contributed by atoms with Gasteiger partial charge in [-0.2, -0.15) is 0 Å². The van der Waals surface area contributed by atoms with Gasteiger partial charge in [-0.15, -0.1) is 0 Å². The molecule has 2 aromatic rings. The van der Waals surface area contributed by atoms with Gasteiger partial charge in [0.25, 0.3) is 11.6 Å². The first-order valence-electron chi connectivity index (χ1n) is 14.7. The van der Waals surface area contributed by atoms with Crippen molar-refractivity contribution in [2.45, 2.75) is 89.4 Å². The number of rotatable bonds is 15. The van der Waals surface area contributed by atoms with E-state index < -0.39 is 34.9 Å². The minimum Gasteiger partial charge on any atom is -0.391 e. The van der Waals surface area contributed by atoms with Crippen LogP contribution in [-0.2, 0) is 16.1 Å². The zero-order valence-corrected chi connectivity index (χ0v) is 23.7. The fraction of sp³-hybridized carbons (Fsp3) is 0.484. The Hall–Kier alpha value is -3.60. The van der Waals surface area contributed by atoms with Crippen molar-refractivity contribution in [1.29, 1.82) is 0 Å². The lowest BCUT2D eigenvalue weighted by Crippen LogP contribution is -2.57. The van der Waals surface area contributed by atoms with E-state index in [1.165, 1.54) is 49.1 Å². The predicted molar refractivity (Wildman–Crippen MR) is 159 cm³/mol. The summed E-state index contributed by atoms with van der Waals surface area (Å²) in [6, 6.07) is 11.4. The van der Waals surface area contributed by atoms with Crippen LogP contribution in [0.3, 0.4) is 0 Å². The Balaban J connectivity index is 1.52. The molecule has 10 heteroatoms. The molecule has 220 valence electrons. The molecule has 0 saturated carbocycles. The van der Waals surface area contributed by atoms with Gasteiger partial charge in [-0.25, -0.2) is 9.91 Å². The smallest absolute Gasteiger partial charge is 0.269 e. The number of fused-ring (bicyclic) bond motifs is 1. The molecule has 4 N–H and O–H groups in total. The number of nitrogens with one attached hydrogen (secondary N) is 1. The van der Waals surface area contributed by atoms with Crippen molar-refractivity contribution >= 4 is 28.9 Å². The molecule has 2 heterocycles. The highest BCUT2D eigenvalue weighted by molar-refractivity contribution is 6.24. The zero-order chi connectivity index (χ0) is 29.4. The van der Waals surface area contributed by atoms with Gasteiger partial charge in [-0.1, -0.05) is 82.6 Å². The molecule has 2 amide bonds. The second-order valence-corrected chi connectivity index (χ2v) is 10.9. The third-order valence-electron chi connectivity index (χ3n) is 7.97. The number of hydrogen-bond donors (Lipinski definition) is 3. The fourth-order valence-corrected chi connectivity index (χ4v) is 5.63. The van der Waals surface area contributed by atoms with Crippen LogP contribution in [0.4, 0.5) is 17.1 Å². The Labute approximate surface area is 241 Å². The van der Waals surface area contributed by atoms with E-state index in [9.17, 15) is 24.8 Å². The molecule has 1 fully saturated rings. The minimum absolute atomic E-state index is 0.0579. The van der Waals surface area contributed by atoms with Gasteiger partial charge >= 0.3 is 0 Å². The van der Waals surface area contributed by atoms with Gasteiger partial charge in [0.2, 0.25) is 5.91 Å². The van der Waals surface area contributed by atoms with E-state index in [0.29, 0.717) is 24.3 Å². The van der Waals surface area contributed by atoms with Crippen molar-refractivity contribution in [3.8, 4) is 0 Å². The van der Waals surface area contributed by atoms with Crippen molar-refractivity contribution in [3.05, 3.63) is 76.4 Å². The van der Waals surface area contributed by atoms with Gasteiger partial charge in [0.1, 0.15) is 6.04 Å². The molecular weight excluding hydrogens is 522 g/mol. The number of anilines is 2. The van der Waals surface area contributed by atoms with Crippen LogP contribution in [0, 0.1) is 16.0 Å². The summed E-state index contributed by atoms with van der Waals surface area (Å²) in [5, 5.41) is 24.1. The van der Waals surface area contributed by atoms with Gasteiger partial charge in [0.15, 0.2) is 0 Å². The highest BCUT2D eigenvalue weighted by atomic mass is 16.6. The number of benzene rings is 2. The fourth-order valence-electron chi connectivity index (χ4n) is 5.63. The Morgan fingerprint density at radius 3 is 2.17 bits per heavy atom. The Bertz CT molecular complexity index is 1220. The molecule has 0 spiro atoms. The van der Waals surface area contributed by atoms with Crippen molar-refractivity contribution in [3.63, 3.8) is 0 Å². The summed E-state index contributed by atoms with van der Waals surface area (Å²) in [6.45, 7) is 2.55. The monoisotopic (exact) mass is 563 g/mol. The summed E-state index contributed by atoms with van der Waals surface area (Å²) in [5.41, 5.74) is 10.7. The SMILES string of the molecule is CCCCCCCCCC[C@H](O)C1C=CC2C(=O)N(c3ccc(CN)cc3)C(=O)[C@H]2N1Nc1ccc([N+](=O)[O-])cc1. The maximum absolute atomic E-state index is 13.8. The van der Waals surface area contributed by atoms with Gasteiger partial charge in [0.05, 0.1) is 28.7 Å². The summed E-state index contributed by atoms with van der Waals surface area (Å²) >= 11 is 0. The number of imide groups is 1. The van der Waals surface area contributed by atoms with Crippen molar-refractivity contribution < 1.29 is 19.6 Å². The van der Waals surface area contributed by atoms with Crippen LogP contribution < -0.4 is 16.1 Å². The van der Waals surface area contributed by atoms with E-state index in [0.717, 1.165) is 24.8 Å². The molecule has 0 aromatic heterocycles. The standard InChI is InChI=1S/C31H41N5O5/c1-2-3-4-5-6-7-8-9-10-28(37)27-20-19-26-29(35(27)33-23-13-17-25(18-14-23)36(40)41)31(39)34(30(26)38)24-15-11-22(21-32)12-16-24/h11-20,26-29,33,37H,2-10,21,32H2,1H3/t26?,27?,28-,29-/m0/s1. The van der Waals surface area contributed by atoms with Crippen LogP contribution in [0.5, 0.6) is 0 Å². The Morgan fingerprint density at radius 1 is 0.927 bits per heavy atom. The first-order chi connectivity index (χ1) is 19.8. The van der Waals surface area contributed by atoms with Gasteiger partial charge in [-0.05, 0) is 36.2 Å². The van der Waals surface area contributed by atoms with Crippen LogP contribution in [0.2, 0.25) is 0 Å². The van der Waals surface area contributed by atoms with Crippen molar-refractivity contribution in [1.82, 2.24) is 5.01 Å². The number of hydrazine groups is 1. The number of amides is 2. The zero-order valence-electron chi connectivity index (χ0n) is 23.7. The van der Waals surface area contributed by atoms with Crippen LogP contribution in [0.1, 0.15) is 70.3 Å². The molecule has 41 heavy (non-hydrogen) atoms. The molecule has 0 bridgehead atoms. The molecule has 4 rings (SSSR count). The molecule has 2 aliphatic rings. The number of unbranched alkanes of at least 4 members (excludes halogenated alkanes) is 7. The van der Waals surface area contributed by atoms with Crippen molar-refractivity contribution in [2.75, 3.05) is 10.3 Å². The quantitative estimate of drug-likeness (QED) is 0.0896. The summed E-state index contributed by atoms with van der Waals surface area (Å²) in [7, 11) is 0. The lowest BCUT2D eigenvalue weighted by molar-refractivity contribution is -0.384. The number of nitrogens with two attached hydrogens (primary N) is 1. The summed E-state index contributed by atoms with van der Waals surface area (Å²) < 4.78 is 0. The second-order valence-electron chi connectivity index (χ2n) is 10.9. The van der Waals surface area contributed by atoms with E-state index >= 15 is 0 Å². The maximum Gasteiger partial charge on any atom is 0.269 e. The highest BCUT2D eigenvalue weighted by Gasteiger charge is 2.54. The van der Waals surface area contributed by atoms with Gasteiger partial charge in [0, 0.05) is 24.4 Å². The van der Waals surface area contributed by atoms with Crippen LogP contribution >= 0.6 is 0 Å². The predicted octanol–water partition coefficient (Wildman–Crippen LogP) is 5.07. The largest absolute Gasteiger partial charge is 0.391 e. The average molecular weight is 564 g/mol. The molecule has 0 radical (unpaired) electrons. The number of non-ortho nitro benzene ring substituents is 1. The molecule has 1 saturated heterocycles. The number of carbonyl (C=O) groups excluding carboxylic acids is 2. The number of aliphatic hydroxyl groups is 1. The number of carbonyl (C=O) groups is 2. The van der Waals surface area contributed by atoms with Crippen LogP contribution in [0.15, 0.2) is 60.7 Å². The third-order valence-corrected chi connectivity index (χ3v) is 7.97. The normalized spacial score (nSPS) is 21.2. The number of nitrogens with zero attached hydrogens (tertiary/aromatic N) is 3. The van der Waals surface area contributed by atoms with E-state index in [2.05, 4.69) is 12.3 Å². The van der Waals surface area contributed by atoms with Crippen molar-refractivity contribution in [2.24, 2.45) is 11.7 Å². The summed E-state index contributed by atoms with van der Waals surface area (Å²) in [6.07, 6.45) is 12.5. The second kappa shape index (κ2) is 14.3. The molecule has 2 aromatic carbocycles. The molecular formula is C31H41N5O5. The van der Waals surface area contributed by atoms with Crippen LogP contribution in [-0.4, -0.2) is 45.0 Å². The molecule has 0 aliphatic carbocycles. The number of hydrogen-bond acceptors (Lipinski definition) is 8. The number of nitro benzene ring substituents is 1. The number of nitro groups is 1. The minimum atomic E-state index is -0.893. The topological polar surface area (TPSA) is 142 Å². The summed E-state index contributed by atoms with van der Waals surface area (Å²) in [5.74, 6) is -1.49. The van der Waals surface area contributed by atoms with E-state index in [4.69, 9.17) is 5.73 Å². The maximum atomic E-state index is 13.8.